The minimum Gasteiger partial charge on any atom is -0.489 e. The van der Waals surface area contributed by atoms with E-state index in [4.69, 9.17) is 16.3 Å². The monoisotopic (exact) mass is 432 g/mol. The Kier molecular flexibility index (Phi) is 7.05. The number of carbonyl (C=O) groups is 2. The van der Waals surface area contributed by atoms with Gasteiger partial charge in [0.25, 0.3) is 5.91 Å². The summed E-state index contributed by atoms with van der Waals surface area (Å²) in [7, 11) is 0. The van der Waals surface area contributed by atoms with Gasteiger partial charge < -0.3 is 15.2 Å². The average Bonchev–Trinajstić information content (AvgIpc) is 2.78. The van der Waals surface area contributed by atoms with Crippen molar-refractivity contribution in [2.24, 2.45) is 0 Å². The van der Waals surface area contributed by atoms with Gasteiger partial charge in [-0.3, -0.25) is 4.79 Å². The zero-order valence-electron chi connectivity index (χ0n) is 16.2. The predicted molar refractivity (Wildman–Crippen MR) is 118 cm³/mol. The molecule has 0 radical (unpaired) electrons. The summed E-state index contributed by atoms with van der Waals surface area (Å²) in [5.74, 6) is -1.27. The van der Waals surface area contributed by atoms with Gasteiger partial charge in [0.2, 0.25) is 0 Å². The Balaban J connectivity index is 1.69. The van der Waals surface area contributed by atoms with E-state index in [-0.39, 0.29) is 16.8 Å². The van der Waals surface area contributed by atoms with E-state index >= 15 is 0 Å². The number of carboxylic acid groups (broad SMARTS) is 1. The lowest BCUT2D eigenvalue weighted by atomic mass is 10.1. The minimum atomic E-state index is -1.18. The molecule has 1 amide bonds. The molecule has 31 heavy (non-hydrogen) atoms. The first kappa shape index (κ1) is 21.6. The quantitative estimate of drug-likeness (QED) is 0.396. The van der Waals surface area contributed by atoms with Crippen LogP contribution < -0.4 is 10.1 Å². The van der Waals surface area contributed by atoms with Crippen LogP contribution in [0.4, 0.5) is 5.69 Å². The van der Waals surface area contributed by atoms with Crippen molar-refractivity contribution in [2.45, 2.75) is 6.61 Å². The van der Waals surface area contributed by atoms with E-state index in [1.54, 1.807) is 42.5 Å². The standard InChI is InChI=1S/C24H17ClN2O4/c25-21-7-3-1-5-17(21)15-31-19-11-9-16(10-12-19)13-18(14-26)23(28)27-22-8-4-2-6-20(22)24(29)30/h1-13H,15H2,(H,27,28)(H,29,30)/b18-13+. The van der Waals surface area contributed by atoms with Gasteiger partial charge in [0.05, 0.1) is 11.3 Å². The second-order valence-corrected chi connectivity index (χ2v) is 6.83. The molecule has 0 aliphatic heterocycles. The third-order valence-corrected chi connectivity index (χ3v) is 4.68. The van der Waals surface area contributed by atoms with E-state index in [9.17, 15) is 20.0 Å². The number of aromatic carboxylic acids is 1. The number of amides is 1. The van der Waals surface area contributed by atoms with Crippen molar-refractivity contribution in [3.8, 4) is 11.8 Å². The first-order valence-corrected chi connectivity index (χ1v) is 9.57. The molecule has 3 rings (SSSR count). The molecule has 0 saturated carbocycles. The zero-order chi connectivity index (χ0) is 22.2. The molecule has 0 spiro atoms. The zero-order valence-corrected chi connectivity index (χ0v) is 17.0. The summed E-state index contributed by atoms with van der Waals surface area (Å²) < 4.78 is 5.72. The number of para-hydroxylation sites is 1. The molecule has 154 valence electrons. The van der Waals surface area contributed by atoms with Crippen LogP contribution in [0.15, 0.2) is 78.4 Å². The highest BCUT2D eigenvalue weighted by molar-refractivity contribution is 6.31. The fourth-order valence-electron chi connectivity index (χ4n) is 2.72. The van der Waals surface area contributed by atoms with Crippen molar-refractivity contribution < 1.29 is 19.4 Å². The summed E-state index contributed by atoms with van der Waals surface area (Å²) >= 11 is 6.11. The molecule has 0 atom stereocenters. The smallest absolute Gasteiger partial charge is 0.337 e. The number of rotatable bonds is 7. The molecule has 0 aliphatic rings. The summed E-state index contributed by atoms with van der Waals surface area (Å²) in [6.45, 7) is 0.309. The highest BCUT2D eigenvalue weighted by Gasteiger charge is 2.14. The van der Waals surface area contributed by atoms with Gasteiger partial charge in [-0.1, -0.05) is 54.1 Å². The number of hydrogen-bond donors (Lipinski definition) is 2. The molecule has 0 unspecified atom stereocenters. The Bertz CT molecular complexity index is 1180. The van der Waals surface area contributed by atoms with Gasteiger partial charge in [-0.25, -0.2) is 4.79 Å². The molecule has 3 aromatic carbocycles. The van der Waals surface area contributed by atoms with Crippen LogP contribution in [-0.2, 0) is 11.4 Å². The van der Waals surface area contributed by atoms with Crippen molar-refractivity contribution in [2.75, 3.05) is 5.32 Å². The van der Waals surface area contributed by atoms with Crippen LogP contribution in [0.25, 0.3) is 6.08 Å². The lowest BCUT2D eigenvalue weighted by Crippen LogP contribution is -2.16. The maximum atomic E-state index is 12.4. The number of nitrogens with zero attached hydrogens (tertiary/aromatic N) is 1. The maximum Gasteiger partial charge on any atom is 0.337 e. The Morgan fingerprint density at radius 2 is 1.71 bits per heavy atom. The second kappa shape index (κ2) is 10.1. The van der Waals surface area contributed by atoms with Gasteiger partial charge in [0, 0.05) is 10.6 Å². The molecule has 2 N–H and O–H groups in total. The van der Waals surface area contributed by atoms with Crippen LogP contribution in [0.5, 0.6) is 5.75 Å². The van der Waals surface area contributed by atoms with Crippen LogP contribution in [0.2, 0.25) is 5.02 Å². The van der Waals surface area contributed by atoms with E-state index in [2.05, 4.69) is 5.32 Å². The first-order chi connectivity index (χ1) is 15.0. The van der Waals surface area contributed by atoms with E-state index in [1.165, 1.54) is 18.2 Å². The highest BCUT2D eigenvalue weighted by atomic mass is 35.5. The normalized spacial score (nSPS) is 10.8. The Morgan fingerprint density at radius 1 is 1.03 bits per heavy atom. The van der Waals surface area contributed by atoms with E-state index in [0.717, 1.165) is 5.56 Å². The summed E-state index contributed by atoms with van der Waals surface area (Å²) in [5.41, 5.74) is 1.36. The molecule has 6 nitrogen and oxygen atoms in total. The Labute approximate surface area is 184 Å². The predicted octanol–water partition coefficient (Wildman–Crippen LogP) is 5.16. The number of anilines is 1. The van der Waals surface area contributed by atoms with Crippen molar-refractivity contribution >= 4 is 35.2 Å². The lowest BCUT2D eigenvalue weighted by molar-refractivity contribution is -0.112. The first-order valence-electron chi connectivity index (χ1n) is 9.19. The fraction of sp³-hybridized carbons (Fsp3) is 0.0417. The lowest BCUT2D eigenvalue weighted by Gasteiger charge is -2.09. The number of nitrogens with one attached hydrogen (secondary N) is 1. The highest BCUT2D eigenvalue weighted by Crippen LogP contribution is 2.20. The third kappa shape index (κ3) is 5.72. The van der Waals surface area contributed by atoms with Gasteiger partial charge in [0.15, 0.2) is 0 Å². The van der Waals surface area contributed by atoms with Gasteiger partial charge >= 0.3 is 5.97 Å². The van der Waals surface area contributed by atoms with Crippen LogP contribution in [0.3, 0.4) is 0 Å². The molecule has 0 heterocycles. The SMILES string of the molecule is N#C/C(=C\c1ccc(OCc2ccccc2Cl)cc1)C(=O)Nc1ccccc1C(=O)O. The minimum absolute atomic E-state index is 0.0619. The van der Waals surface area contributed by atoms with Gasteiger partial charge in [-0.05, 0) is 42.0 Å². The Hall–Kier alpha value is -4.08. The summed E-state index contributed by atoms with van der Waals surface area (Å²) in [6, 6.07) is 22.1. The largest absolute Gasteiger partial charge is 0.489 e. The number of benzene rings is 3. The molecular formula is C24H17ClN2O4. The molecule has 7 heteroatoms. The Morgan fingerprint density at radius 3 is 2.39 bits per heavy atom. The number of carbonyl (C=O) groups excluding carboxylic acids is 1. The number of nitriles is 1. The second-order valence-electron chi connectivity index (χ2n) is 6.42. The molecule has 3 aromatic rings. The van der Waals surface area contributed by atoms with E-state index in [0.29, 0.717) is 22.9 Å². The molecular weight excluding hydrogens is 416 g/mol. The van der Waals surface area contributed by atoms with Crippen LogP contribution >= 0.6 is 11.6 Å². The van der Waals surface area contributed by atoms with Crippen molar-refractivity contribution in [3.63, 3.8) is 0 Å². The van der Waals surface area contributed by atoms with Gasteiger partial charge in [-0.15, -0.1) is 0 Å². The topological polar surface area (TPSA) is 99.4 Å². The van der Waals surface area contributed by atoms with E-state index in [1.807, 2.05) is 24.3 Å². The molecule has 0 fully saturated rings. The van der Waals surface area contributed by atoms with E-state index < -0.39 is 11.9 Å². The molecule has 0 aromatic heterocycles. The summed E-state index contributed by atoms with van der Waals surface area (Å²) in [5, 5.41) is 21.7. The van der Waals surface area contributed by atoms with Gasteiger partial charge in [-0.2, -0.15) is 5.26 Å². The van der Waals surface area contributed by atoms with Crippen LogP contribution in [0, 0.1) is 11.3 Å². The summed E-state index contributed by atoms with van der Waals surface area (Å²) in [6.07, 6.45) is 1.41. The molecule has 0 bridgehead atoms. The van der Waals surface area contributed by atoms with Crippen LogP contribution in [-0.4, -0.2) is 17.0 Å². The fourth-order valence-corrected chi connectivity index (χ4v) is 2.91. The maximum absolute atomic E-state index is 12.4. The van der Waals surface area contributed by atoms with Crippen LogP contribution in [0.1, 0.15) is 21.5 Å². The molecule has 0 saturated heterocycles. The number of halogens is 1. The van der Waals surface area contributed by atoms with Crippen molar-refractivity contribution in [3.05, 3.63) is 100 Å². The van der Waals surface area contributed by atoms with Crippen molar-refractivity contribution in [1.29, 1.82) is 5.26 Å². The van der Waals surface area contributed by atoms with Gasteiger partial charge in [0.1, 0.15) is 24.0 Å². The summed E-state index contributed by atoms with van der Waals surface area (Å²) in [4.78, 5) is 23.7. The number of hydrogen-bond acceptors (Lipinski definition) is 4. The number of carboxylic acids is 1. The third-order valence-electron chi connectivity index (χ3n) is 4.31. The number of ether oxygens (including phenoxy) is 1. The average molecular weight is 433 g/mol. The van der Waals surface area contributed by atoms with Crippen molar-refractivity contribution in [1.82, 2.24) is 0 Å². The molecule has 0 aliphatic carbocycles.